The third-order valence-corrected chi connectivity index (χ3v) is 17.5. The van der Waals surface area contributed by atoms with Crippen LogP contribution < -0.4 is 0 Å². The van der Waals surface area contributed by atoms with Gasteiger partial charge < -0.3 is 9.47 Å². The highest BCUT2D eigenvalue weighted by Crippen LogP contribution is 2.67. The quantitative estimate of drug-likeness (QED) is 0.267. The Bertz CT molecular complexity index is 1710. The minimum atomic E-state index is 0.0438. The summed E-state index contributed by atoms with van der Waals surface area (Å²) in [5, 5.41) is 0. The lowest BCUT2D eigenvalue weighted by Gasteiger charge is -2.66. The molecule has 0 amide bonds. The third-order valence-electron chi connectivity index (χ3n) is 17.5. The fourth-order valence-corrected chi connectivity index (χ4v) is 15.9. The minimum absolute atomic E-state index is 0.0438. The van der Waals surface area contributed by atoms with E-state index in [1.807, 2.05) is 0 Å². The second kappa shape index (κ2) is 12.8. The van der Waals surface area contributed by atoms with E-state index in [2.05, 4.69) is 94.9 Å². The number of rotatable bonds is 2. The Hall–Kier alpha value is -2.40. The van der Waals surface area contributed by atoms with Crippen molar-refractivity contribution in [1.29, 1.82) is 0 Å². The lowest BCUT2D eigenvalue weighted by atomic mass is 9.45. The zero-order valence-electron chi connectivity index (χ0n) is 31.8. The maximum absolute atomic E-state index is 7.64. The van der Waals surface area contributed by atoms with Gasteiger partial charge in [-0.1, -0.05) is 91.8 Å². The van der Waals surface area contributed by atoms with Crippen molar-refractivity contribution in [3.05, 3.63) is 96.4 Å². The monoisotopic (exact) mass is 710 g/mol. The topological polar surface area (TPSA) is 24.9 Å². The standard InChI is InChI=1S/C49H62N2O2/c1-7-21-40-32(14-1)33-15-2-8-22-41(33)50(40)31-28-29-47-39(30-31)49(36-18-5-11-26-45(36)52-47)37-19-6-12-27-46(37)53-48-38(49)20-13-25-44(48)51-42-23-9-3-16-34(42)35-17-4-10-24-43(35)51/h3-4,7,9,11,13,16-17,20-21,23,26-27,30-38,40-45,47-48H,1-2,5-6,8,10,12,14-15,18-19,22,24-25,28-29H2. The third kappa shape index (κ3) is 4.70. The summed E-state index contributed by atoms with van der Waals surface area (Å²) in [4.78, 5) is 6.14. The van der Waals surface area contributed by atoms with E-state index in [0.29, 0.717) is 59.8 Å². The average molecular weight is 711 g/mol. The number of likely N-dealkylation sites (tertiary alicyclic amines) is 2. The molecule has 5 fully saturated rings. The van der Waals surface area contributed by atoms with Gasteiger partial charge in [0.2, 0.25) is 0 Å². The molecule has 17 atom stereocenters. The Kier molecular flexibility index (Phi) is 7.93. The highest BCUT2D eigenvalue weighted by molar-refractivity contribution is 5.41. The SMILES string of the molecule is C1=CC2C3C=CCCC3N(C3CC=CC4C3OC3=CCCCC3C43C4=CC(N5C6C=CCCC6C6CCCCC65)CCC4OC4C=CCCC43)C2C=C1. The first-order chi connectivity index (χ1) is 26.3. The Morgan fingerprint density at radius 3 is 2.51 bits per heavy atom. The van der Waals surface area contributed by atoms with Crippen LogP contribution in [0.1, 0.15) is 103 Å². The normalized spacial score (nSPS) is 51.8. The molecule has 17 unspecified atom stereocenters. The lowest BCUT2D eigenvalue weighted by Crippen LogP contribution is -2.67. The van der Waals surface area contributed by atoms with E-state index < -0.39 is 0 Å². The van der Waals surface area contributed by atoms with Crippen LogP contribution in [0.15, 0.2) is 96.4 Å². The molecule has 8 aliphatic carbocycles. The van der Waals surface area contributed by atoms with Crippen molar-refractivity contribution >= 4 is 0 Å². The summed E-state index contributed by atoms with van der Waals surface area (Å²) in [5.74, 6) is 5.64. The summed E-state index contributed by atoms with van der Waals surface area (Å²) in [6, 6.07) is 3.37. The Morgan fingerprint density at radius 1 is 0.623 bits per heavy atom. The van der Waals surface area contributed by atoms with Crippen molar-refractivity contribution in [1.82, 2.24) is 9.80 Å². The molecule has 4 nitrogen and oxygen atoms in total. The molecular formula is C49H62N2O2. The van der Waals surface area contributed by atoms with Gasteiger partial charge in [-0.3, -0.25) is 9.80 Å². The molecule has 0 bridgehead atoms. The largest absolute Gasteiger partial charge is 0.492 e. The molecule has 0 radical (unpaired) electrons. The molecule has 1 spiro atoms. The molecule has 1 saturated carbocycles. The van der Waals surface area contributed by atoms with Gasteiger partial charge in [0.1, 0.15) is 6.10 Å². The Morgan fingerprint density at radius 2 is 1.51 bits per heavy atom. The molecule has 53 heavy (non-hydrogen) atoms. The van der Waals surface area contributed by atoms with E-state index in [0.717, 1.165) is 24.3 Å². The van der Waals surface area contributed by atoms with Crippen LogP contribution in [0.25, 0.3) is 0 Å². The number of nitrogens with zero attached hydrogens (tertiary/aromatic N) is 2. The van der Waals surface area contributed by atoms with Crippen LogP contribution in [-0.2, 0) is 9.47 Å². The van der Waals surface area contributed by atoms with Crippen molar-refractivity contribution < 1.29 is 9.47 Å². The van der Waals surface area contributed by atoms with Crippen molar-refractivity contribution in [2.24, 2.45) is 46.8 Å². The maximum Gasteiger partial charge on any atom is 0.121 e. The molecule has 0 aromatic heterocycles. The minimum Gasteiger partial charge on any atom is -0.492 e. The van der Waals surface area contributed by atoms with E-state index in [1.54, 1.807) is 5.57 Å². The van der Waals surface area contributed by atoms with Crippen molar-refractivity contribution in [3.63, 3.8) is 0 Å². The van der Waals surface area contributed by atoms with E-state index in [9.17, 15) is 0 Å². The zero-order valence-corrected chi connectivity index (χ0v) is 31.8. The number of hydrogen-bond acceptors (Lipinski definition) is 4. The summed E-state index contributed by atoms with van der Waals surface area (Å²) in [7, 11) is 0. The van der Waals surface area contributed by atoms with E-state index in [-0.39, 0.29) is 23.7 Å². The molecule has 0 N–H and O–H groups in total. The van der Waals surface area contributed by atoms with Crippen LogP contribution in [0.4, 0.5) is 0 Å². The Labute approximate surface area is 318 Å². The lowest BCUT2D eigenvalue weighted by molar-refractivity contribution is -0.189. The predicted molar refractivity (Wildman–Crippen MR) is 212 cm³/mol. The van der Waals surface area contributed by atoms with Crippen molar-refractivity contribution in [2.75, 3.05) is 0 Å². The molecule has 12 rings (SSSR count). The number of allylic oxidation sites excluding steroid dienone is 7. The average Bonchev–Trinajstić information content (AvgIpc) is 3.74. The fourth-order valence-electron chi connectivity index (χ4n) is 15.9. The van der Waals surface area contributed by atoms with Gasteiger partial charge in [0, 0.05) is 59.3 Å². The molecule has 4 heteroatoms. The van der Waals surface area contributed by atoms with Gasteiger partial charge in [-0.15, -0.1) is 0 Å². The van der Waals surface area contributed by atoms with Gasteiger partial charge >= 0.3 is 0 Å². The molecule has 12 aliphatic rings. The van der Waals surface area contributed by atoms with E-state index in [4.69, 9.17) is 9.47 Å². The molecule has 4 saturated heterocycles. The number of hydrogen-bond donors (Lipinski definition) is 0. The van der Waals surface area contributed by atoms with E-state index >= 15 is 0 Å². The van der Waals surface area contributed by atoms with Crippen LogP contribution in [0.5, 0.6) is 0 Å². The predicted octanol–water partition coefficient (Wildman–Crippen LogP) is 9.79. The molecule has 0 aromatic carbocycles. The van der Waals surface area contributed by atoms with Gasteiger partial charge in [-0.25, -0.2) is 0 Å². The van der Waals surface area contributed by atoms with Gasteiger partial charge in [-0.05, 0) is 119 Å². The first kappa shape index (κ1) is 32.8. The summed E-state index contributed by atoms with van der Waals surface area (Å²) in [6.45, 7) is 0. The van der Waals surface area contributed by atoms with Gasteiger partial charge in [0.05, 0.1) is 24.0 Å². The Balaban J connectivity index is 1.01. The highest BCUT2D eigenvalue weighted by atomic mass is 16.5. The summed E-state index contributed by atoms with van der Waals surface area (Å²) in [5.41, 5.74) is 1.77. The number of fused-ring (bicyclic) bond motifs is 14. The van der Waals surface area contributed by atoms with E-state index in [1.165, 1.54) is 102 Å². The molecule has 280 valence electrons. The van der Waals surface area contributed by atoms with Crippen molar-refractivity contribution in [2.45, 2.75) is 157 Å². The summed E-state index contributed by atoms with van der Waals surface area (Å²) in [6.07, 6.45) is 57.0. The van der Waals surface area contributed by atoms with Gasteiger partial charge in [0.15, 0.2) is 0 Å². The van der Waals surface area contributed by atoms with Crippen LogP contribution >= 0.6 is 0 Å². The van der Waals surface area contributed by atoms with Gasteiger partial charge in [0.25, 0.3) is 0 Å². The smallest absolute Gasteiger partial charge is 0.121 e. The van der Waals surface area contributed by atoms with Gasteiger partial charge in [-0.2, -0.15) is 0 Å². The molecular weight excluding hydrogens is 649 g/mol. The second-order valence-electron chi connectivity index (χ2n) is 19.4. The highest BCUT2D eigenvalue weighted by Gasteiger charge is 2.67. The summed E-state index contributed by atoms with van der Waals surface area (Å²) < 4.78 is 15.0. The zero-order chi connectivity index (χ0) is 34.7. The fraction of sp³-hybridized carbons (Fsp3) is 0.673. The summed E-state index contributed by atoms with van der Waals surface area (Å²) >= 11 is 0. The first-order valence-corrected chi connectivity index (χ1v) is 22.6. The van der Waals surface area contributed by atoms with Crippen LogP contribution in [0.3, 0.4) is 0 Å². The molecule has 4 aliphatic heterocycles. The van der Waals surface area contributed by atoms with Crippen LogP contribution in [0, 0.1) is 46.8 Å². The first-order valence-electron chi connectivity index (χ1n) is 22.6. The van der Waals surface area contributed by atoms with Crippen molar-refractivity contribution in [3.8, 4) is 0 Å². The maximum atomic E-state index is 7.64. The number of ether oxygens (including phenoxy) is 2. The van der Waals surface area contributed by atoms with Crippen LogP contribution in [0.2, 0.25) is 0 Å². The molecule has 0 aromatic rings. The second-order valence-corrected chi connectivity index (χ2v) is 19.4. The van der Waals surface area contributed by atoms with Crippen LogP contribution in [-0.4, -0.2) is 64.4 Å². The molecule has 4 heterocycles.